The van der Waals surface area contributed by atoms with E-state index in [9.17, 15) is 0 Å². The minimum atomic E-state index is -1.23. The van der Waals surface area contributed by atoms with Crippen LogP contribution in [0.3, 0.4) is 0 Å². The smallest absolute Gasteiger partial charge is 0.545 e. The van der Waals surface area contributed by atoms with Crippen molar-refractivity contribution >= 4 is 5.97 Å². The molecule has 0 heterocycles. The molecule has 46 valence electrons. The molecule has 0 aromatic rings. The molecule has 0 aliphatic rings. The molecule has 0 spiro atoms. The van der Waals surface area contributed by atoms with E-state index in [0.717, 1.165) is 6.08 Å². The second kappa shape index (κ2) is 15.6. The summed E-state index contributed by atoms with van der Waals surface area (Å²) in [5.74, 6) is -1.23. The van der Waals surface area contributed by atoms with Crippen molar-refractivity contribution < 1.29 is 44.8 Å². The van der Waals surface area contributed by atoms with Crippen LogP contribution in [0, 0.1) is 10.1 Å². The summed E-state index contributed by atoms with van der Waals surface area (Å²) in [6.07, 6.45) is 0.722. The normalized spacial score (nSPS) is 4.89. The van der Waals surface area contributed by atoms with Gasteiger partial charge in [-0.1, -0.05) is 6.58 Å². The number of carboxylic acids is 1. The summed E-state index contributed by atoms with van der Waals surface area (Å²) in [5.41, 5.74) is 0. The van der Waals surface area contributed by atoms with Gasteiger partial charge in [0.25, 0.3) is 0 Å². The second-order valence-electron chi connectivity index (χ2n) is 0.606. The van der Waals surface area contributed by atoms with Crippen LogP contribution >= 0.6 is 0 Å². The standard InChI is InChI=1S/C3H4O2.HNO2.Na/c1-2-3(4)5;2-1-3;/h2H,1H2,(H,4,5);1H;/q;;+1/p-1. The van der Waals surface area contributed by atoms with Crippen molar-refractivity contribution in [1.82, 2.24) is 0 Å². The molecule has 0 radical (unpaired) electrons. The first kappa shape index (κ1) is 15.8. The van der Waals surface area contributed by atoms with Crippen molar-refractivity contribution in [2.75, 3.05) is 0 Å². The van der Waals surface area contributed by atoms with Crippen molar-refractivity contribution in [1.29, 1.82) is 0 Å². The zero-order valence-corrected chi connectivity index (χ0v) is 6.92. The molecule has 5 nitrogen and oxygen atoms in total. The minimum absolute atomic E-state index is 0. The van der Waals surface area contributed by atoms with E-state index < -0.39 is 5.97 Å². The van der Waals surface area contributed by atoms with Gasteiger partial charge in [0.05, 0.1) is 5.97 Å². The van der Waals surface area contributed by atoms with Crippen LogP contribution in [0.1, 0.15) is 0 Å². The van der Waals surface area contributed by atoms with Gasteiger partial charge in [-0.05, 0) is 6.08 Å². The summed E-state index contributed by atoms with van der Waals surface area (Å²) in [7, 11) is 0. The van der Waals surface area contributed by atoms with Crippen LogP contribution in [-0.2, 0) is 4.79 Å². The molecule has 0 saturated carbocycles. The van der Waals surface area contributed by atoms with Gasteiger partial charge in [0.1, 0.15) is 0 Å². The predicted octanol–water partition coefficient (Wildman–Crippen LogP) is -5.74. The Morgan fingerprint density at radius 3 is 1.78 bits per heavy atom. The molecule has 0 amide bonds. The van der Waals surface area contributed by atoms with E-state index >= 15 is 0 Å². The third-order valence-electron chi connectivity index (χ3n) is 0.167. The van der Waals surface area contributed by atoms with E-state index in [1.807, 2.05) is 0 Å². The van der Waals surface area contributed by atoms with Gasteiger partial charge >= 0.3 is 29.6 Å². The van der Waals surface area contributed by atoms with Crippen LogP contribution in [0.15, 0.2) is 12.7 Å². The first-order valence-electron chi connectivity index (χ1n) is 1.51. The molecule has 0 saturated heterocycles. The molecule has 0 aliphatic heterocycles. The van der Waals surface area contributed by atoms with Gasteiger partial charge in [-0.3, -0.25) is 10.1 Å². The Balaban J connectivity index is -0.0000000800. The number of hydrogen-bond acceptors (Lipinski definition) is 4. The van der Waals surface area contributed by atoms with E-state index in [1.165, 1.54) is 0 Å². The fourth-order valence-corrected chi connectivity index (χ4v) is 0. The molecule has 9 heavy (non-hydrogen) atoms. The van der Waals surface area contributed by atoms with Gasteiger partial charge in [-0.25, -0.2) is 0 Å². The fraction of sp³-hybridized carbons (Fsp3) is 0. The Labute approximate surface area is 73.6 Å². The molecule has 0 aliphatic carbocycles. The first-order chi connectivity index (χ1) is 3.68. The number of carbonyl (C=O) groups is 1. The van der Waals surface area contributed by atoms with Crippen molar-refractivity contribution in [3.8, 4) is 0 Å². The number of hydrogen-bond donors (Lipinski definition) is 1. The van der Waals surface area contributed by atoms with Crippen LogP contribution in [0.5, 0.6) is 0 Å². The average molecular weight is 141 g/mol. The van der Waals surface area contributed by atoms with Crippen LogP contribution in [0.25, 0.3) is 0 Å². The van der Waals surface area contributed by atoms with Crippen molar-refractivity contribution in [3.05, 3.63) is 22.8 Å². The van der Waals surface area contributed by atoms with E-state index in [-0.39, 0.29) is 34.9 Å². The molecule has 6 heteroatoms. The van der Waals surface area contributed by atoms with Gasteiger partial charge < -0.3 is 9.90 Å². The monoisotopic (exact) mass is 141 g/mol. The third kappa shape index (κ3) is 92.4. The molecular weight excluding hydrogens is 137 g/mol. The predicted molar refractivity (Wildman–Crippen MR) is 22.9 cm³/mol. The first-order valence-corrected chi connectivity index (χ1v) is 1.51. The van der Waals surface area contributed by atoms with Crippen LogP contribution < -0.4 is 40.0 Å². The minimum Gasteiger partial charge on any atom is -0.545 e. The number of aliphatic carboxylic acids is 1. The van der Waals surface area contributed by atoms with E-state index in [2.05, 4.69) is 6.58 Å². The van der Waals surface area contributed by atoms with Gasteiger partial charge in [0.2, 0.25) is 0 Å². The molecule has 0 rings (SSSR count). The zero-order valence-electron chi connectivity index (χ0n) is 4.92. The maximum absolute atomic E-state index is 9.14. The summed E-state index contributed by atoms with van der Waals surface area (Å²) in [5, 5.41) is 17.5. The summed E-state index contributed by atoms with van der Waals surface area (Å²) in [6, 6.07) is 0. The zero-order chi connectivity index (χ0) is 6.99. The Morgan fingerprint density at radius 1 is 1.67 bits per heavy atom. The quantitative estimate of drug-likeness (QED) is 0.170. The molecule has 1 N–H and O–H groups in total. The maximum Gasteiger partial charge on any atom is 1.00 e. The summed E-state index contributed by atoms with van der Waals surface area (Å²) in [4.78, 5) is 17.3. The van der Waals surface area contributed by atoms with Crippen LogP contribution in [0.4, 0.5) is 0 Å². The molecule has 0 bridgehead atoms. The van der Waals surface area contributed by atoms with Crippen molar-refractivity contribution in [2.45, 2.75) is 0 Å². The molecule has 0 atom stereocenters. The molecule has 0 fully saturated rings. The van der Waals surface area contributed by atoms with Crippen molar-refractivity contribution in [2.24, 2.45) is 0 Å². The van der Waals surface area contributed by atoms with Gasteiger partial charge in [0.15, 0.2) is 0 Å². The Kier molecular flexibility index (Phi) is 27.5. The summed E-state index contributed by atoms with van der Waals surface area (Å²) < 4.78 is 0. The number of nitrogens with one attached hydrogen (secondary N) is 1. The Bertz CT molecular complexity index is 93.8. The fourth-order valence-electron chi connectivity index (χ4n) is 0. The van der Waals surface area contributed by atoms with E-state index in [4.69, 9.17) is 20.0 Å². The molecule has 0 aromatic heterocycles. The van der Waals surface area contributed by atoms with Gasteiger partial charge in [-0.15, -0.1) is 0 Å². The largest absolute Gasteiger partial charge is 1.00 e. The second-order valence-corrected chi connectivity index (χ2v) is 0.606. The van der Waals surface area contributed by atoms with Gasteiger partial charge in [0, 0.05) is 5.34 Å². The Hall–Kier alpha value is -0.390. The van der Waals surface area contributed by atoms with E-state index in [0.29, 0.717) is 0 Å². The SMILES string of the molecule is C=CC(=O)[O-].O=[NH+][O-].[Na+]. The third-order valence-corrected chi connectivity index (χ3v) is 0.167. The van der Waals surface area contributed by atoms with Crippen molar-refractivity contribution in [3.63, 3.8) is 0 Å². The van der Waals surface area contributed by atoms with Crippen LogP contribution in [0.2, 0.25) is 0 Å². The molecule has 0 unspecified atom stereocenters. The topological polar surface area (TPSA) is 94.2 Å². The Morgan fingerprint density at radius 2 is 1.78 bits per heavy atom. The molecular formula is C3H4NNaO4. The van der Waals surface area contributed by atoms with Gasteiger partial charge in [-0.2, -0.15) is 0 Å². The maximum atomic E-state index is 9.14. The number of carboxylic acid groups (broad SMARTS) is 1. The number of rotatable bonds is 1. The summed E-state index contributed by atoms with van der Waals surface area (Å²) >= 11 is 0. The summed E-state index contributed by atoms with van der Waals surface area (Å²) in [6.45, 7) is 2.90. The van der Waals surface area contributed by atoms with E-state index in [1.54, 1.807) is 0 Å². The average Bonchev–Trinajstić information content (AvgIpc) is 1.69. The number of carbonyl (C=O) groups excluding carboxylic acids is 1. The van der Waals surface area contributed by atoms with Crippen LogP contribution in [-0.4, -0.2) is 5.97 Å². The molecule has 0 aromatic carbocycles.